The summed E-state index contributed by atoms with van der Waals surface area (Å²) in [5.74, 6) is 0. The lowest BCUT2D eigenvalue weighted by Crippen LogP contribution is -2.09. The highest BCUT2D eigenvalue weighted by Gasteiger charge is 2.05. The molecule has 2 heteroatoms. The van der Waals surface area contributed by atoms with Crippen LogP contribution < -0.4 is 5.73 Å². The van der Waals surface area contributed by atoms with E-state index in [0.717, 1.165) is 10.9 Å². The molecule has 120 valence electrons. The highest BCUT2D eigenvalue weighted by molar-refractivity contribution is 9.10. The van der Waals surface area contributed by atoms with E-state index in [1.807, 2.05) is 0 Å². The van der Waals surface area contributed by atoms with Crippen molar-refractivity contribution in [2.75, 3.05) is 0 Å². The molecule has 0 spiro atoms. The number of unbranched alkanes of at least 4 members (excludes halogenated alkanes) is 9. The van der Waals surface area contributed by atoms with Crippen LogP contribution in [0.5, 0.6) is 0 Å². The molecule has 0 amide bonds. The van der Waals surface area contributed by atoms with E-state index in [1.54, 1.807) is 0 Å². The van der Waals surface area contributed by atoms with Gasteiger partial charge in [-0.2, -0.15) is 0 Å². The third kappa shape index (κ3) is 9.31. The molecule has 1 rings (SSSR count). The molecule has 0 saturated heterocycles. The zero-order chi connectivity index (χ0) is 15.3. The van der Waals surface area contributed by atoms with Crippen LogP contribution in [-0.2, 0) is 0 Å². The second kappa shape index (κ2) is 12.2. The van der Waals surface area contributed by atoms with Gasteiger partial charge in [0.2, 0.25) is 0 Å². The molecule has 0 aliphatic carbocycles. The van der Waals surface area contributed by atoms with Crippen molar-refractivity contribution < 1.29 is 0 Å². The number of benzene rings is 1. The number of nitrogens with two attached hydrogens (primary N) is 1. The van der Waals surface area contributed by atoms with E-state index in [9.17, 15) is 0 Å². The molecular weight excluding hydrogens is 322 g/mol. The second-order valence-electron chi connectivity index (χ2n) is 6.13. The van der Waals surface area contributed by atoms with E-state index in [0.29, 0.717) is 0 Å². The van der Waals surface area contributed by atoms with Crippen molar-refractivity contribution in [2.45, 2.75) is 83.6 Å². The Balaban J connectivity index is 1.96. The molecular formula is C19H32BrN. The first kappa shape index (κ1) is 18.7. The lowest BCUT2D eigenvalue weighted by atomic mass is 10.00. The summed E-state index contributed by atoms with van der Waals surface area (Å²) < 4.78 is 1.12. The van der Waals surface area contributed by atoms with Gasteiger partial charge in [-0.15, -0.1) is 0 Å². The summed E-state index contributed by atoms with van der Waals surface area (Å²) in [7, 11) is 0. The zero-order valence-corrected chi connectivity index (χ0v) is 15.2. The monoisotopic (exact) mass is 353 g/mol. The Labute approximate surface area is 139 Å². The first-order chi connectivity index (χ1) is 10.2. The quantitative estimate of drug-likeness (QED) is 0.412. The third-order valence-electron chi connectivity index (χ3n) is 4.15. The van der Waals surface area contributed by atoms with Gasteiger partial charge in [0.25, 0.3) is 0 Å². The van der Waals surface area contributed by atoms with Crippen LogP contribution in [0.25, 0.3) is 0 Å². The van der Waals surface area contributed by atoms with Crippen molar-refractivity contribution in [3.8, 4) is 0 Å². The highest BCUT2D eigenvalue weighted by atomic mass is 79.9. The molecule has 0 aliphatic heterocycles. The van der Waals surface area contributed by atoms with E-state index in [4.69, 9.17) is 5.73 Å². The van der Waals surface area contributed by atoms with E-state index < -0.39 is 0 Å². The van der Waals surface area contributed by atoms with Crippen LogP contribution in [0.4, 0.5) is 0 Å². The SMILES string of the molecule is CCCCCCCCCCCCC(N)c1cccc(Br)c1. The van der Waals surface area contributed by atoms with E-state index in [-0.39, 0.29) is 6.04 Å². The van der Waals surface area contributed by atoms with Gasteiger partial charge in [-0.1, -0.05) is 99.2 Å². The predicted molar refractivity (Wildman–Crippen MR) is 97.5 cm³/mol. The zero-order valence-electron chi connectivity index (χ0n) is 13.6. The Hall–Kier alpha value is -0.340. The first-order valence-electron chi connectivity index (χ1n) is 8.75. The molecule has 0 heterocycles. The number of halogens is 1. The summed E-state index contributed by atoms with van der Waals surface area (Å²) in [6.45, 7) is 2.28. The van der Waals surface area contributed by atoms with E-state index in [2.05, 4.69) is 47.1 Å². The summed E-state index contributed by atoms with van der Waals surface area (Å²) in [5.41, 5.74) is 7.50. The van der Waals surface area contributed by atoms with Crippen molar-refractivity contribution >= 4 is 15.9 Å². The van der Waals surface area contributed by atoms with Gasteiger partial charge in [0.05, 0.1) is 0 Å². The van der Waals surface area contributed by atoms with Gasteiger partial charge in [0.15, 0.2) is 0 Å². The van der Waals surface area contributed by atoms with Crippen molar-refractivity contribution in [1.29, 1.82) is 0 Å². The average Bonchev–Trinajstić information content (AvgIpc) is 2.49. The highest BCUT2D eigenvalue weighted by Crippen LogP contribution is 2.21. The Morgan fingerprint density at radius 3 is 2.05 bits per heavy atom. The minimum atomic E-state index is 0.191. The Morgan fingerprint density at radius 2 is 1.48 bits per heavy atom. The van der Waals surface area contributed by atoms with Gasteiger partial charge < -0.3 is 5.73 Å². The predicted octanol–water partition coefficient (Wildman–Crippen LogP) is 6.76. The maximum atomic E-state index is 6.25. The van der Waals surface area contributed by atoms with Gasteiger partial charge in [-0.3, -0.25) is 0 Å². The Kier molecular flexibility index (Phi) is 10.9. The largest absolute Gasteiger partial charge is 0.324 e. The second-order valence-corrected chi connectivity index (χ2v) is 7.05. The first-order valence-corrected chi connectivity index (χ1v) is 9.54. The van der Waals surface area contributed by atoms with Crippen LogP contribution in [-0.4, -0.2) is 0 Å². The fourth-order valence-corrected chi connectivity index (χ4v) is 3.17. The molecule has 2 N–H and O–H groups in total. The van der Waals surface area contributed by atoms with Crippen molar-refractivity contribution in [1.82, 2.24) is 0 Å². The number of hydrogen-bond acceptors (Lipinski definition) is 1. The lowest BCUT2D eigenvalue weighted by molar-refractivity contribution is 0.529. The minimum Gasteiger partial charge on any atom is -0.324 e. The molecule has 0 aromatic heterocycles. The van der Waals surface area contributed by atoms with Gasteiger partial charge in [0.1, 0.15) is 0 Å². The molecule has 0 bridgehead atoms. The van der Waals surface area contributed by atoms with E-state index >= 15 is 0 Å². The summed E-state index contributed by atoms with van der Waals surface area (Å²) in [4.78, 5) is 0. The molecule has 1 aromatic carbocycles. The topological polar surface area (TPSA) is 26.0 Å². The molecule has 0 saturated carbocycles. The van der Waals surface area contributed by atoms with Crippen LogP contribution in [0.2, 0.25) is 0 Å². The maximum Gasteiger partial charge on any atom is 0.0295 e. The minimum absolute atomic E-state index is 0.191. The molecule has 0 aliphatic rings. The molecule has 1 aromatic rings. The standard InChI is InChI=1S/C19H32BrN/c1-2-3-4-5-6-7-8-9-10-11-15-19(21)17-13-12-14-18(20)16-17/h12-14,16,19H,2-11,15,21H2,1H3. The van der Waals surface area contributed by atoms with Gasteiger partial charge in [-0.25, -0.2) is 0 Å². The lowest BCUT2D eigenvalue weighted by Gasteiger charge is -2.12. The van der Waals surface area contributed by atoms with Crippen molar-refractivity contribution in [3.05, 3.63) is 34.3 Å². The Morgan fingerprint density at radius 1 is 0.905 bits per heavy atom. The average molecular weight is 354 g/mol. The van der Waals surface area contributed by atoms with Crippen LogP contribution in [0.1, 0.15) is 89.2 Å². The van der Waals surface area contributed by atoms with Gasteiger partial charge in [-0.05, 0) is 24.1 Å². The number of hydrogen-bond donors (Lipinski definition) is 1. The van der Waals surface area contributed by atoms with Crippen LogP contribution >= 0.6 is 15.9 Å². The molecule has 1 atom stereocenters. The van der Waals surface area contributed by atoms with Crippen LogP contribution in [0.3, 0.4) is 0 Å². The fraction of sp³-hybridized carbons (Fsp3) is 0.684. The van der Waals surface area contributed by atoms with Crippen LogP contribution in [0.15, 0.2) is 28.7 Å². The fourth-order valence-electron chi connectivity index (χ4n) is 2.76. The summed E-state index contributed by atoms with van der Waals surface area (Å²) in [6, 6.07) is 8.58. The molecule has 21 heavy (non-hydrogen) atoms. The third-order valence-corrected chi connectivity index (χ3v) is 4.64. The Bertz CT molecular complexity index is 364. The molecule has 1 unspecified atom stereocenters. The van der Waals surface area contributed by atoms with Crippen LogP contribution in [0, 0.1) is 0 Å². The molecule has 1 nitrogen and oxygen atoms in total. The van der Waals surface area contributed by atoms with Gasteiger partial charge in [0, 0.05) is 10.5 Å². The number of rotatable bonds is 12. The van der Waals surface area contributed by atoms with E-state index in [1.165, 1.54) is 69.8 Å². The summed E-state index contributed by atoms with van der Waals surface area (Å²) in [6.07, 6.45) is 14.9. The molecule has 0 radical (unpaired) electrons. The van der Waals surface area contributed by atoms with Crippen molar-refractivity contribution in [3.63, 3.8) is 0 Å². The smallest absolute Gasteiger partial charge is 0.0295 e. The van der Waals surface area contributed by atoms with Gasteiger partial charge >= 0.3 is 0 Å². The maximum absolute atomic E-state index is 6.25. The molecule has 0 fully saturated rings. The summed E-state index contributed by atoms with van der Waals surface area (Å²) >= 11 is 3.51. The summed E-state index contributed by atoms with van der Waals surface area (Å²) in [5, 5.41) is 0. The normalized spacial score (nSPS) is 12.5. The van der Waals surface area contributed by atoms with Crippen molar-refractivity contribution in [2.24, 2.45) is 5.73 Å².